The molecule has 0 aliphatic carbocycles. The maximum Gasteiger partial charge on any atom is 0.146 e. The molecule has 6 heterocycles. The molecule has 6 heteroatoms. The van der Waals surface area contributed by atoms with Crippen molar-refractivity contribution in [3.05, 3.63) is 146 Å². The standard InChI is InChI=1S/C41H24N6/c1-3-9-25(10-4-1)45-35-14-8-7-13-27(35)29-19-30-31-20-32-28(21-38(31)46(40(30)22-39(29)45)26-11-5-2-6-12-26)33-23-42-17-15-36(33)47-37-16-18-43-24-34(37)44-41(32)47/h1-24H. The molecule has 6 aromatic heterocycles. The van der Waals surface area contributed by atoms with Crippen molar-refractivity contribution in [3.63, 3.8) is 0 Å². The van der Waals surface area contributed by atoms with E-state index in [0.29, 0.717) is 0 Å². The van der Waals surface area contributed by atoms with Gasteiger partial charge < -0.3 is 9.13 Å². The summed E-state index contributed by atoms with van der Waals surface area (Å²) in [6, 6.07) is 43.6. The first-order valence-corrected chi connectivity index (χ1v) is 15.8. The molecule has 0 aliphatic heterocycles. The number of pyridine rings is 3. The smallest absolute Gasteiger partial charge is 0.146 e. The maximum absolute atomic E-state index is 5.14. The van der Waals surface area contributed by atoms with Gasteiger partial charge in [-0.3, -0.25) is 14.4 Å². The zero-order valence-corrected chi connectivity index (χ0v) is 25.0. The van der Waals surface area contributed by atoms with Crippen LogP contribution in [0.4, 0.5) is 0 Å². The highest BCUT2D eigenvalue weighted by Crippen LogP contribution is 2.42. The van der Waals surface area contributed by atoms with Crippen LogP contribution in [0.25, 0.3) is 93.3 Å². The van der Waals surface area contributed by atoms with Crippen LogP contribution in [-0.2, 0) is 0 Å². The number of aromatic nitrogens is 6. The molecule has 11 rings (SSSR count). The van der Waals surface area contributed by atoms with Gasteiger partial charge in [-0.25, -0.2) is 4.98 Å². The molecule has 0 fully saturated rings. The number of hydrogen-bond acceptors (Lipinski definition) is 3. The number of fused-ring (bicyclic) bond motifs is 14. The van der Waals surface area contributed by atoms with E-state index >= 15 is 0 Å². The largest absolute Gasteiger partial charge is 0.309 e. The Morgan fingerprint density at radius 2 is 0.979 bits per heavy atom. The number of rotatable bonds is 2. The summed E-state index contributed by atoms with van der Waals surface area (Å²) in [5, 5.41) is 8.16. The van der Waals surface area contributed by atoms with Crippen molar-refractivity contribution in [2.75, 3.05) is 0 Å². The second-order valence-electron chi connectivity index (χ2n) is 12.2. The van der Waals surface area contributed by atoms with E-state index in [4.69, 9.17) is 4.98 Å². The van der Waals surface area contributed by atoms with Crippen molar-refractivity contribution >= 4 is 82.0 Å². The Morgan fingerprint density at radius 1 is 0.383 bits per heavy atom. The molecular weight excluding hydrogens is 576 g/mol. The third-order valence-electron chi connectivity index (χ3n) is 9.75. The highest BCUT2D eigenvalue weighted by atomic mass is 15.0. The lowest BCUT2D eigenvalue weighted by atomic mass is 10.0. The van der Waals surface area contributed by atoms with Gasteiger partial charge in [-0.1, -0.05) is 54.6 Å². The summed E-state index contributed by atoms with van der Waals surface area (Å²) in [4.78, 5) is 14.1. The van der Waals surface area contributed by atoms with Crippen LogP contribution < -0.4 is 0 Å². The highest BCUT2D eigenvalue weighted by Gasteiger charge is 2.21. The van der Waals surface area contributed by atoms with Crippen LogP contribution in [0, 0.1) is 0 Å². The third kappa shape index (κ3) is 3.26. The van der Waals surface area contributed by atoms with Gasteiger partial charge in [0.1, 0.15) is 11.2 Å². The van der Waals surface area contributed by atoms with E-state index < -0.39 is 0 Å². The number of hydrogen-bond donors (Lipinski definition) is 0. The Morgan fingerprint density at radius 3 is 1.74 bits per heavy atom. The topological polar surface area (TPSA) is 52.9 Å². The van der Waals surface area contributed by atoms with Crippen molar-refractivity contribution in [2.45, 2.75) is 0 Å². The predicted molar refractivity (Wildman–Crippen MR) is 192 cm³/mol. The summed E-state index contributed by atoms with van der Waals surface area (Å²) in [7, 11) is 0. The van der Waals surface area contributed by atoms with E-state index in [1.54, 1.807) is 0 Å². The minimum atomic E-state index is 0.875. The average molecular weight is 601 g/mol. The number of imidazole rings is 1. The molecular formula is C41H24N6. The van der Waals surface area contributed by atoms with Crippen LogP contribution >= 0.6 is 0 Å². The molecule has 0 saturated heterocycles. The van der Waals surface area contributed by atoms with Gasteiger partial charge in [0.25, 0.3) is 0 Å². The van der Waals surface area contributed by atoms with Gasteiger partial charge in [0.15, 0.2) is 0 Å². The molecule has 0 saturated carbocycles. The Bertz CT molecular complexity index is 3060. The number of benzene rings is 5. The minimum absolute atomic E-state index is 0.875. The van der Waals surface area contributed by atoms with Gasteiger partial charge in [-0.05, 0) is 72.1 Å². The van der Waals surface area contributed by atoms with Gasteiger partial charge in [0, 0.05) is 62.3 Å². The summed E-state index contributed by atoms with van der Waals surface area (Å²) >= 11 is 0. The van der Waals surface area contributed by atoms with Gasteiger partial charge in [0.05, 0.1) is 39.3 Å². The fraction of sp³-hybridized carbons (Fsp3) is 0. The molecule has 0 spiro atoms. The van der Waals surface area contributed by atoms with E-state index in [1.807, 2.05) is 30.9 Å². The van der Waals surface area contributed by atoms with E-state index in [0.717, 1.165) is 60.8 Å². The van der Waals surface area contributed by atoms with Crippen molar-refractivity contribution in [1.29, 1.82) is 0 Å². The average Bonchev–Trinajstić information content (AvgIpc) is 3.78. The molecule has 0 aliphatic rings. The first-order chi connectivity index (χ1) is 23.3. The first-order valence-electron chi connectivity index (χ1n) is 15.8. The monoisotopic (exact) mass is 600 g/mol. The number of nitrogens with zero attached hydrogens (tertiary/aromatic N) is 6. The summed E-state index contributed by atoms with van der Waals surface area (Å²) in [5.74, 6) is 0. The Labute approximate surface area is 267 Å². The SMILES string of the molecule is c1ccc(-n2c3ccccc3c3cc4c5cc6c(cc5n(-c5ccccc5)c4cc32)c2cnccc2n2c3ccncc3nc62)cc1. The second-order valence-corrected chi connectivity index (χ2v) is 12.2. The molecule has 218 valence electrons. The van der Waals surface area contributed by atoms with Crippen LogP contribution in [0.5, 0.6) is 0 Å². The van der Waals surface area contributed by atoms with Crippen molar-refractivity contribution < 1.29 is 0 Å². The maximum atomic E-state index is 5.14. The Kier molecular flexibility index (Phi) is 4.75. The lowest BCUT2D eigenvalue weighted by molar-refractivity contribution is 1.17. The molecule has 0 radical (unpaired) electrons. The van der Waals surface area contributed by atoms with E-state index in [-0.39, 0.29) is 0 Å². The molecule has 0 N–H and O–H groups in total. The molecule has 47 heavy (non-hydrogen) atoms. The quantitative estimate of drug-likeness (QED) is 0.186. The second kappa shape index (κ2) is 9.02. The fourth-order valence-electron chi connectivity index (χ4n) is 7.79. The Balaban J connectivity index is 1.38. The van der Waals surface area contributed by atoms with Gasteiger partial charge >= 0.3 is 0 Å². The minimum Gasteiger partial charge on any atom is -0.309 e. The van der Waals surface area contributed by atoms with E-state index in [1.165, 1.54) is 32.6 Å². The van der Waals surface area contributed by atoms with Crippen LogP contribution in [0.1, 0.15) is 0 Å². The Hall–Kier alpha value is -6.53. The van der Waals surface area contributed by atoms with E-state index in [2.05, 4.69) is 139 Å². The molecule has 0 unspecified atom stereocenters. The van der Waals surface area contributed by atoms with Gasteiger partial charge in [-0.15, -0.1) is 0 Å². The molecule has 11 aromatic rings. The predicted octanol–water partition coefficient (Wildman–Crippen LogP) is 9.78. The molecule has 0 amide bonds. The zero-order chi connectivity index (χ0) is 30.6. The summed E-state index contributed by atoms with van der Waals surface area (Å²) in [6.45, 7) is 0. The van der Waals surface area contributed by atoms with E-state index in [9.17, 15) is 0 Å². The molecule has 0 atom stereocenters. The van der Waals surface area contributed by atoms with Gasteiger partial charge in [0.2, 0.25) is 0 Å². The lowest BCUT2D eigenvalue weighted by Gasteiger charge is -2.11. The van der Waals surface area contributed by atoms with Crippen LogP contribution in [0.2, 0.25) is 0 Å². The lowest BCUT2D eigenvalue weighted by Crippen LogP contribution is -1.96. The van der Waals surface area contributed by atoms with Crippen molar-refractivity contribution in [3.8, 4) is 11.4 Å². The molecule has 0 bridgehead atoms. The van der Waals surface area contributed by atoms with Crippen LogP contribution in [0.3, 0.4) is 0 Å². The van der Waals surface area contributed by atoms with Crippen LogP contribution in [-0.4, -0.2) is 28.5 Å². The number of para-hydroxylation sites is 3. The first kappa shape index (κ1) is 24.8. The summed E-state index contributed by atoms with van der Waals surface area (Å²) in [5.41, 5.74) is 10.9. The zero-order valence-electron chi connectivity index (χ0n) is 25.0. The van der Waals surface area contributed by atoms with Gasteiger partial charge in [-0.2, -0.15) is 0 Å². The van der Waals surface area contributed by atoms with Crippen molar-refractivity contribution in [1.82, 2.24) is 28.5 Å². The van der Waals surface area contributed by atoms with Crippen LogP contribution in [0.15, 0.2) is 146 Å². The molecule has 5 aromatic carbocycles. The van der Waals surface area contributed by atoms with Crippen molar-refractivity contribution in [2.24, 2.45) is 0 Å². The molecule has 6 nitrogen and oxygen atoms in total. The summed E-state index contributed by atoms with van der Waals surface area (Å²) in [6.07, 6.45) is 7.52. The summed E-state index contributed by atoms with van der Waals surface area (Å²) < 4.78 is 7.06. The highest BCUT2D eigenvalue weighted by molar-refractivity contribution is 6.24. The third-order valence-corrected chi connectivity index (χ3v) is 9.75. The normalized spacial score (nSPS) is 12.3. The fourth-order valence-corrected chi connectivity index (χ4v) is 7.79.